The molecule has 0 aliphatic carbocycles. The molecule has 0 fully saturated rings. The van der Waals surface area contributed by atoms with Crippen molar-refractivity contribution < 1.29 is 0 Å². The SMILES string of the molecule is CC#N.[Sr]. The number of nitriles is 1. The van der Waals surface area contributed by atoms with Crippen molar-refractivity contribution >= 4 is 45.5 Å². The average molecular weight is 129 g/mol. The summed E-state index contributed by atoms with van der Waals surface area (Å²) < 4.78 is 0. The van der Waals surface area contributed by atoms with Crippen LogP contribution < -0.4 is 0 Å². The Hall–Kier alpha value is 0.971. The van der Waals surface area contributed by atoms with Crippen LogP contribution in [0, 0.1) is 11.3 Å². The van der Waals surface area contributed by atoms with Crippen LogP contribution >= 0.6 is 0 Å². The molecular formula is C2H3NSr. The Morgan fingerprint density at radius 2 is 1.75 bits per heavy atom. The third-order valence-electron chi connectivity index (χ3n) is 0. The van der Waals surface area contributed by atoms with E-state index in [2.05, 4.69) is 0 Å². The number of nitrogens with zero attached hydrogens (tertiary/aromatic N) is 1. The molecular weight excluding hydrogens is 126 g/mol. The number of hydrogen-bond donors (Lipinski definition) is 0. The molecule has 0 atom stereocenters. The summed E-state index contributed by atoms with van der Waals surface area (Å²) in [5, 5.41) is 7.32. The van der Waals surface area contributed by atoms with E-state index in [0.29, 0.717) is 0 Å². The van der Waals surface area contributed by atoms with Gasteiger partial charge in [-0.25, -0.2) is 0 Å². The maximum absolute atomic E-state index is 7.32. The molecule has 0 unspecified atom stereocenters. The van der Waals surface area contributed by atoms with Gasteiger partial charge in [-0.15, -0.1) is 0 Å². The molecule has 2 radical (unpaired) electrons. The maximum Gasteiger partial charge on any atom is 0.0587 e. The first-order valence-electron chi connectivity index (χ1n) is 0.724. The fourth-order valence-electron chi connectivity index (χ4n) is 0. The van der Waals surface area contributed by atoms with Gasteiger partial charge in [-0.1, -0.05) is 0 Å². The summed E-state index contributed by atoms with van der Waals surface area (Å²) in [6.07, 6.45) is 0. The molecule has 0 N–H and O–H groups in total. The zero-order valence-corrected chi connectivity index (χ0v) is 6.13. The van der Waals surface area contributed by atoms with Gasteiger partial charge >= 0.3 is 0 Å². The van der Waals surface area contributed by atoms with Crippen molar-refractivity contribution in [1.29, 1.82) is 5.26 Å². The van der Waals surface area contributed by atoms with E-state index in [9.17, 15) is 0 Å². The first-order valence-corrected chi connectivity index (χ1v) is 0.724. The van der Waals surface area contributed by atoms with Crippen LogP contribution in [0.1, 0.15) is 6.92 Å². The van der Waals surface area contributed by atoms with Crippen molar-refractivity contribution in [3.8, 4) is 6.07 Å². The van der Waals surface area contributed by atoms with E-state index in [-0.39, 0.29) is 45.5 Å². The normalized spacial score (nSPS) is 2.00. The van der Waals surface area contributed by atoms with Crippen molar-refractivity contribution in [3.05, 3.63) is 0 Å². The largest absolute Gasteiger partial charge is 0.199 e. The fourth-order valence-corrected chi connectivity index (χ4v) is 0. The van der Waals surface area contributed by atoms with Gasteiger partial charge in [-0.05, 0) is 0 Å². The Labute approximate surface area is 62.9 Å². The van der Waals surface area contributed by atoms with Crippen molar-refractivity contribution in [1.82, 2.24) is 0 Å². The number of hydrogen-bond acceptors (Lipinski definition) is 1. The maximum atomic E-state index is 7.32. The molecule has 0 heterocycles. The van der Waals surface area contributed by atoms with Crippen LogP contribution in [-0.2, 0) is 0 Å². The van der Waals surface area contributed by atoms with Crippen LogP contribution in [0.3, 0.4) is 0 Å². The Bertz CT molecular complexity index is 27.5. The first kappa shape index (κ1) is 8.88. The molecule has 0 amide bonds. The van der Waals surface area contributed by atoms with Gasteiger partial charge in [0.2, 0.25) is 0 Å². The quantitative estimate of drug-likeness (QED) is 0.426. The molecule has 2 heteroatoms. The Kier molecular flexibility index (Phi) is 20.0. The van der Waals surface area contributed by atoms with Gasteiger partial charge in [0.15, 0.2) is 0 Å². The second kappa shape index (κ2) is 9.02. The van der Waals surface area contributed by atoms with Crippen LogP contribution in [0.5, 0.6) is 0 Å². The van der Waals surface area contributed by atoms with Gasteiger partial charge in [0.1, 0.15) is 0 Å². The molecule has 0 aliphatic heterocycles. The smallest absolute Gasteiger partial charge is 0.0587 e. The van der Waals surface area contributed by atoms with Crippen molar-refractivity contribution in [2.45, 2.75) is 6.92 Å². The molecule has 0 aliphatic rings. The predicted octanol–water partition coefficient (Wildman–Crippen LogP) is 0.149. The van der Waals surface area contributed by atoms with Crippen molar-refractivity contribution in [2.24, 2.45) is 0 Å². The molecule has 0 aromatic rings. The van der Waals surface area contributed by atoms with Crippen LogP contribution in [0.25, 0.3) is 0 Å². The number of rotatable bonds is 0. The summed E-state index contributed by atoms with van der Waals surface area (Å²) in [5.74, 6) is 0. The minimum atomic E-state index is 0. The van der Waals surface area contributed by atoms with E-state index in [1.807, 2.05) is 0 Å². The van der Waals surface area contributed by atoms with E-state index in [1.54, 1.807) is 6.07 Å². The molecule has 0 aromatic heterocycles. The molecule has 0 saturated carbocycles. The van der Waals surface area contributed by atoms with Crippen molar-refractivity contribution in [2.75, 3.05) is 0 Å². The minimum Gasteiger partial charge on any atom is -0.199 e. The van der Waals surface area contributed by atoms with E-state index < -0.39 is 0 Å². The standard InChI is InChI=1S/C2H3N.Sr/c1-2-3;/h1H3;. The molecule has 0 spiro atoms. The molecule has 0 aromatic carbocycles. The van der Waals surface area contributed by atoms with Gasteiger partial charge in [0.25, 0.3) is 0 Å². The average Bonchev–Trinajstić information content (AvgIpc) is 0.918. The Balaban J connectivity index is 0. The van der Waals surface area contributed by atoms with Gasteiger partial charge in [0.05, 0.1) is 6.07 Å². The van der Waals surface area contributed by atoms with Gasteiger partial charge in [-0.3, -0.25) is 0 Å². The molecule has 0 bridgehead atoms. The predicted molar refractivity (Wildman–Crippen MR) is 17.0 cm³/mol. The van der Waals surface area contributed by atoms with Crippen molar-refractivity contribution in [3.63, 3.8) is 0 Å². The third-order valence-corrected chi connectivity index (χ3v) is 0. The third kappa shape index (κ3) is 12.2. The van der Waals surface area contributed by atoms with Gasteiger partial charge < -0.3 is 0 Å². The molecule has 1 nitrogen and oxygen atoms in total. The molecule has 18 valence electrons. The summed E-state index contributed by atoms with van der Waals surface area (Å²) in [4.78, 5) is 0. The topological polar surface area (TPSA) is 23.8 Å². The van der Waals surface area contributed by atoms with E-state index in [4.69, 9.17) is 5.26 Å². The summed E-state index contributed by atoms with van der Waals surface area (Å²) in [7, 11) is 0. The zero-order chi connectivity index (χ0) is 2.71. The first-order chi connectivity index (χ1) is 1.41. The van der Waals surface area contributed by atoms with E-state index in [0.717, 1.165) is 0 Å². The van der Waals surface area contributed by atoms with Crippen LogP contribution in [0.15, 0.2) is 0 Å². The molecule has 4 heavy (non-hydrogen) atoms. The minimum absolute atomic E-state index is 0. The second-order valence-corrected chi connectivity index (χ2v) is 0.224. The van der Waals surface area contributed by atoms with Crippen LogP contribution in [0.4, 0.5) is 0 Å². The monoisotopic (exact) mass is 129 g/mol. The summed E-state index contributed by atoms with van der Waals surface area (Å²) in [5.41, 5.74) is 0. The van der Waals surface area contributed by atoms with Crippen LogP contribution in [0.2, 0.25) is 0 Å². The Morgan fingerprint density at radius 1 is 1.75 bits per heavy atom. The summed E-state index contributed by atoms with van der Waals surface area (Å²) in [6, 6.07) is 1.75. The fraction of sp³-hybridized carbons (Fsp3) is 0.500. The molecule has 0 saturated heterocycles. The van der Waals surface area contributed by atoms with Gasteiger partial charge in [0, 0.05) is 52.4 Å². The molecule has 0 rings (SSSR count). The van der Waals surface area contributed by atoms with E-state index >= 15 is 0 Å². The summed E-state index contributed by atoms with van der Waals surface area (Å²) in [6.45, 7) is 1.43. The zero-order valence-electron chi connectivity index (χ0n) is 2.65. The van der Waals surface area contributed by atoms with Crippen LogP contribution in [-0.4, -0.2) is 45.5 Å². The van der Waals surface area contributed by atoms with E-state index in [1.165, 1.54) is 6.92 Å². The second-order valence-electron chi connectivity index (χ2n) is 0.224. The Morgan fingerprint density at radius 3 is 1.75 bits per heavy atom. The van der Waals surface area contributed by atoms with Gasteiger partial charge in [-0.2, -0.15) is 5.26 Å². The summed E-state index contributed by atoms with van der Waals surface area (Å²) >= 11 is 0.